The highest BCUT2D eigenvalue weighted by Gasteiger charge is 2.28. The van der Waals surface area contributed by atoms with Crippen LogP contribution in [0.25, 0.3) is 0 Å². The molecule has 0 aliphatic heterocycles. The number of Topliss-reactive ketones (excluding diaryl/α,β-unsaturated/α-hetero) is 1. The van der Waals surface area contributed by atoms with E-state index in [-0.39, 0.29) is 11.7 Å². The largest absolute Gasteiger partial charge is 0.378 e. The minimum atomic E-state index is 0.142. The highest BCUT2D eigenvalue weighted by molar-refractivity contribution is 5.98. The predicted octanol–water partition coefficient (Wildman–Crippen LogP) is 3.67. The zero-order valence-corrected chi connectivity index (χ0v) is 15.2. The predicted molar refractivity (Wildman–Crippen MR) is 102 cm³/mol. The van der Waals surface area contributed by atoms with Crippen LogP contribution in [0, 0.1) is 0 Å². The number of carbonyl (C=O) groups excluding carboxylic acids is 1. The average molecular weight is 338 g/mol. The molecule has 0 spiro atoms. The van der Waals surface area contributed by atoms with Gasteiger partial charge in [0.15, 0.2) is 5.78 Å². The molecule has 1 aliphatic rings. The molecule has 3 rings (SSSR count). The lowest BCUT2D eigenvalue weighted by atomic mass is 9.82. The Hall–Kier alpha value is -2.43. The van der Waals surface area contributed by atoms with E-state index in [1.165, 1.54) is 5.56 Å². The summed E-state index contributed by atoms with van der Waals surface area (Å²) < 4.78 is 0. The summed E-state index contributed by atoms with van der Waals surface area (Å²) in [5, 5.41) is 3.25. The van der Waals surface area contributed by atoms with Gasteiger partial charge in [0.1, 0.15) is 0 Å². The average Bonchev–Trinajstić information content (AvgIpc) is 2.61. The number of hydrogen-bond acceptors (Lipinski definition) is 5. The molecule has 5 nitrogen and oxygen atoms in total. The summed E-state index contributed by atoms with van der Waals surface area (Å²) in [4.78, 5) is 23.5. The third kappa shape index (κ3) is 3.98. The SMILES string of the molecule is CCCCNc1ncc2c(n1)CC(c1ccc(N(C)C)cc1)CC2=O. The minimum absolute atomic E-state index is 0.142. The van der Waals surface area contributed by atoms with Gasteiger partial charge >= 0.3 is 0 Å². The van der Waals surface area contributed by atoms with Crippen molar-refractivity contribution in [2.75, 3.05) is 30.9 Å². The fourth-order valence-electron chi connectivity index (χ4n) is 3.19. The molecule has 1 unspecified atom stereocenters. The van der Waals surface area contributed by atoms with Gasteiger partial charge in [-0.3, -0.25) is 4.79 Å². The normalized spacial score (nSPS) is 16.4. The van der Waals surface area contributed by atoms with Gasteiger partial charge in [-0.25, -0.2) is 9.97 Å². The number of rotatable bonds is 6. The molecule has 1 heterocycles. The molecule has 0 fully saturated rings. The maximum atomic E-state index is 12.5. The van der Waals surface area contributed by atoms with E-state index in [0.717, 1.165) is 37.2 Å². The molecule has 0 amide bonds. The van der Waals surface area contributed by atoms with E-state index in [2.05, 4.69) is 51.4 Å². The van der Waals surface area contributed by atoms with Gasteiger partial charge < -0.3 is 10.2 Å². The zero-order chi connectivity index (χ0) is 17.8. The van der Waals surface area contributed by atoms with Gasteiger partial charge in [0.05, 0.1) is 11.3 Å². The monoisotopic (exact) mass is 338 g/mol. The van der Waals surface area contributed by atoms with Gasteiger partial charge in [-0.1, -0.05) is 25.5 Å². The lowest BCUT2D eigenvalue weighted by Crippen LogP contribution is -2.21. The first-order valence-electron chi connectivity index (χ1n) is 8.98. The number of fused-ring (bicyclic) bond motifs is 1. The lowest BCUT2D eigenvalue weighted by molar-refractivity contribution is 0.0962. The fourth-order valence-corrected chi connectivity index (χ4v) is 3.19. The first-order chi connectivity index (χ1) is 12.1. The third-order valence-corrected chi connectivity index (χ3v) is 4.73. The molecule has 2 aromatic rings. The molecule has 0 saturated carbocycles. The Morgan fingerprint density at radius 2 is 1.96 bits per heavy atom. The molecule has 0 saturated heterocycles. The summed E-state index contributed by atoms with van der Waals surface area (Å²) in [6.07, 6.45) is 5.21. The number of benzene rings is 1. The van der Waals surface area contributed by atoms with Gasteiger partial charge in [0.25, 0.3) is 0 Å². The molecule has 1 aromatic carbocycles. The van der Waals surface area contributed by atoms with E-state index >= 15 is 0 Å². The number of nitrogens with zero attached hydrogens (tertiary/aromatic N) is 3. The fraction of sp³-hybridized carbons (Fsp3) is 0.450. The first-order valence-corrected chi connectivity index (χ1v) is 8.98. The van der Waals surface area contributed by atoms with Crippen LogP contribution in [-0.2, 0) is 6.42 Å². The van der Waals surface area contributed by atoms with Gasteiger partial charge in [-0.05, 0) is 36.5 Å². The lowest BCUT2D eigenvalue weighted by Gasteiger charge is -2.24. The van der Waals surface area contributed by atoms with E-state index < -0.39 is 0 Å². The van der Waals surface area contributed by atoms with Gasteiger partial charge in [-0.15, -0.1) is 0 Å². The van der Waals surface area contributed by atoms with Crippen LogP contribution in [0.3, 0.4) is 0 Å². The Morgan fingerprint density at radius 3 is 2.64 bits per heavy atom. The molecular formula is C20H26N4O. The molecule has 1 aromatic heterocycles. The van der Waals surface area contributed by atoms with Gasteiger partial charge in [0.2, 0.25) is 5.95 Å². The molecule has 25 heavy (non-hydrogen) atoms. The zero-order valence-electron chi connectivity index (χ0n) is 15.2. The maximum absolute atomic E-state index is 12.5. The minimum Gasteiger partial charge on any atom is -0.378 e. The molecule has 0 radical (unpaired) electrons. The van der Waals surface area contributed by atoms with Crippen LogP contribution in [0.1, 0.15) is 53.7 Å². The summed E-state index contributed by atoms with van der Waals surface area (Å²) in [7, 11) is 4.05. The Bertz CT molecular complexity index is 740. The van der Waals surface area contributed by atoms with Crippen molar-refractivity contribution in [1.82, 2.24) is 9.97 Å². The van der Waals surface area contributed by atoms with Crippen molar-refractivity contribution < 1.29 is 4.79 Å². The Balaban J connectivity index is 1.78. The quantitative estimate of drug-likeness (QED) is 0.815. The van der Waals surface area contributed by atoms with E-state index in [1.807, 2.05) is 14.1 Å². The van der Waals surface area contributed by atoms with Crippen molar-refractivity contribution in [1.29, 1.82) is 0 Å². The second-order valence-electron chi connectivity index (χ2n) is 6.85. The molecule has 1 atom stereocenters. The molecule has 1 N–H and O–H groups in total. The Morgan fingerprint density at radius 1 is 1.20 bits per heavy atom. The molecule has 5 heteroatoms. The third-order valence-electron chi connectivity index (χ3n) is 4.73. The Kier molecular flexibility index (Phi) is 5.31. The first kappa shape index (κ1) is 17.4. The molecule has 132 valence electrons. The summed E-state index contributed by atoms with van der Waals surface area (Å²) >= 11 is 0. The Labute approximate surface area is 149 Å². The van der Waals surface area contributed by atoms with Crippen LogP contribution < -0.4 is 10.2 Å². The van der Waals surface area contributed by atoms with E-state index in [9.17, 15) is 4.79 Å². The summed E-state index contributed by atoms with van der Waals surface area (Å²) in [5.74, 6) is 0.959. The number of carbonyl (C=O) groups is 1. The number of hydrogen-bond donors (Lipinski definition) is 1. The van der Waals surface area contributed by atoms with E-state index in [0.29, 0.717) is 17.9 Å². The van der Waals surface area contributed by atoms with Crippen molar-refractivity contribution >= 4 is 17.4 Å². The number of nitrogens with one attached hydrogen (secondary N) is 1. The van der Waals surface area contributed by atoms with E-state index in [4.69, 9.17) is 0 Å². The van der Waals surface area contributed by atoms with Crippen molar-refractivity contribution in [3.05, 3.63) is 47.3 Å². The highest BCUT2D eigenvalue weighted by Crippen LogP contribution is 2.32. The smallest absolute Gasteiger partial charge is 0.222 e. The second kappa shape index (κ2) is 7.64. The number of anilines is 2. The number of aromatic nitrogens is 2. The summed E-state index contributed by atoms with van der Waals surface area (Å²) in [6.45, 7) is 3.01. The summed E-state index contributed by atoms with van der Waals surface area (Å²) in [6, 6.07) is 8.46. The van der Waals surface area contributed by atoms with Crippen LogP contribution in [-0.4, -0.2) is 36.4 Å². The topological polar surface area (TPSA) is 58.1 Å². The standard InChI is InChI=1S/C20H26N4O/c1-4-5-10-21-20-22-13-17-18(23-20)11-15(12-19(17)25)14-6-8-16(9-7-14)24(2)3/h6-9,13,15H,4-5,10-12H2,1-3H3,(H,21,22,23). The van der Waals surface area contributed by atoms with Crippen molar-refractivity contribution in [2.45, 2.75) is 38.5 Å². The molecule has 0 bridgehead atoms. The van der Waals surface area contributed by atoms with Crippen LogP contribution in [0.5, 0.6) is 0 Å². The van der Waals surface area contributed by atoms with Crippen LogP contribution >= 0.6 is 0 Å². The van der Waals surface area contributed by atoms with E-state index in [1.54, 1.807) is 6.20 Å². The van der Waals surface area contributed by atoms with Crippen LogP contribution in [0.2, 0.25) is 0 Å². The summed E-state index contributed by atoms with van der Waals surface area (Å²) in [5.41, 5.74) is 3.91. The number of ketones is 1. The van der Waals surface area contributed by atoms with Gasteiger partial charge in [0, 0.05) is 38.9 Å². The van der Waals surface area contributed by atoms with Crippen LogP contribution in [0.15, 0.2) is 30.5 Å². The second-order valence-corrected chi connectivity index (χ2v) is 6.85. The van der Waals surface area contributed by atoms with Crippen molar-refractivity contribution in [3.63, 3.8) is 0 Å². The van der Waals surface area contributed by atoms with Crippen molar-refractivity contribution in [2.24, 2.45) is 0 Å². The van der Waals surface area contributed by atoms with Crippen molar-refractivity contribution in [3.8, 4) is 0 Å². The molecular weight excluding hydrogens is 312 g/mol. The van der Waals surface area contributed by atoms with Gasteiger partial charge in [-0.2, -0.15) is 0 Å². The van der Waals surface area contributed by atoms with Crippen LogP contribution in [0.4, 0.5) is 11.6 Å². The highest BCUT2D eigenvalue weighted by atomic mass is 16.1. The number of unbranched alkanes of at least 4 members (excludes halogenated alkanes) is 1. The maximum Gasteiger partial charge on any atom is 0.222 e. The molecule has 1 aliphatic carbocycles.